The molecule has 1 heterocycles. The van der Waals surface area contributed by atoms with Gasteiger partial charge in [0.25, 0.3) is 0 Å². The summed E-state index contributed by atoms with van der Waals surface area (Å²) in [6.07, 6.45) is 7.95. The fourth-order valence-electron chi connectivity index (χ4n) is 1.80. The zero-order valence-electron chi connectivity index (χ0n) is 10.9. The normalized spacial score (nSPS) is 10.7. The van der Waals surface area contributed by atoms with Crippen molar-refractivity contribution in [2.75, 3.05) is 13.2 Å². The maximum Gasteiger partial charge on any atom is 0.204 e. The highest BCUT2D eigenvalue weighted by molar-refractivity contribution is 5.95. The lowest BCUT2D eigenvalue weighted by molar-refractivity contribution is 0.0744. The van der Waals surface area contributed by atoms with Gasteiger partial charge in [0.1, 0.15) is 6.61 Å². The van der Waals surface area contributed by atoms with Crippen LogP contribution in [0.4, 0.5) is 0 Å². The van der Waals surface area contributed by atoms with Crippen molar-refractivity contribution < 1.29 is 9.53 Å². The number of ketones is 1. The summed E-state index contributed by atoms with van der Waals surface area (Å²) in [6, 6.07) is 3.70. The molecule has 17 heavy (non-hydrogen) atoms. The highest BCUT2D eigenvalue weighted by atomic mass is 16.5. The van der Waals surface area contributed by atoms with Crippen molar-refractivity contribution in [1.82, 2.24) is 4.57 Å². The molecule has 96 valence electrons. The first-order valence-corrected chi connectivity index (χ1v) is 6.48. The van der Waals surface area contributed by atoms with Crippen molar-refractivity contribution in [3.63, 3.8) is 0 Å². The highest BCUT2D eigenvalue weighted by Gasteiger charge is 2.08. The van der Waals surface area contributed by atoms with Crippen molar-refractivity contribution in [3.05, 3.63) is 24.0 Å². The molecule has 0 radical (unpaired) electrons. The number of Topliss-reactive ketones (excluding diaryl/α,β-unsaturated/α-hetero) is 1. The van der Waals surface area contributed by atoms with E-state index in [9.17, 15) is 4.79 Å². The van der Waals surface area contributed by atoms with Gasteiger partial charge in [0, 0.05) is 19.9 Å². The van der Waals surface area contributed by atoms with Crippen LogP contribution in [0.3, 0.4) is 0 Å². The van der Waals surface area contributed by atoms with Crippen LogP contribution in [0.15, 0.2) is 18.3 Å². The van der Waals surface area contributed by atoms with E-state index in [1.807, 2.05) is 29.9 Å². The largest absolute Gasteiger partial charge is 0.373 e. The SMILES string of the molecule is CCCCCCCOCC(=O)c1cccn1C. The van der Waals surface area contributed by atoms with Gasteiger partial charge in [-0.3, -0.25) is 4.79 Å². The lowest BCUT2D eigenvalue weighted by Crippen LogP contribution is -2.13. The maximum atomic E-state index is 11.7. The summed E-state index contributed by atoms with van der Waals surface area (Å²) in [5, 5.41) is 0. The van der Waals surface area contributed by atoms with Gasteiger partial charge in [0.15, 0.2) is 0 Å². The molecule has 0 aliphatic rings. The van der Waals surface area contributed by atoms with Crippen molar-refractivity contribution >= 4 is 5.78 Å². The van der Waals surface area contributed by atoms with Gasteiger partial charge in [0.2, 0.25) is 5.78 Å². The first-order valence-electron chi connectivity index (χ1n) is 6.48. The first-order chi connectivity index (χ1) is 8.25. The number of rotatable bonds is 9. The van der Waals surface area contributed by atoms with Crippen LogP contribution in [0.2, 0.25) is 0 Å². The van der Waals surface area contributed by atoms with Crippen molar-refractivity contribution in [2.24, 2.45) is 7.05 Å². The van der Waals surface area contributed by atoms with Gasteiger partial charge in [-0.25, -0.2) is 0 Å². The van der Waals surface area contributed by atoms with Gasteiger partial charge < -0.3 is 9.30 Å². The molecule has 0 spiro atoms. The van der Waals surface area contributed by atoms with Crippen LogP contribution in [0, 0.1) is 0 Å². The smallest absolute Gasteiger partial charge is 0.204 e. The van der Waals surface area contributed by atoms with Gasteiger partial charge >= 0.3 is 0 Å². The molecule has 3 heteroatoms. The van der Waals surface area contributed by atoms with Crippen LogP contribution in [0.25, 0.3) is 0 Å². The third kappa shape index (κ3) is 5.18. The zero-order chi connectivity index (χ0) is 12.5. The second-order valence-corrected chi connectivity index (χ2v) is 4.39. The predicted octanol–water partition coefficient (Wildman–Crippen LogP) is 3.19. The molecule has 0 aliphatic heterocycles. The Morgan fingerprint density at radius 2 is 2.06 bits per heavy atom. The number of carbonyl (C=O) groups is 1. The van der Waals surface area contributed by atoms with Crippen LogP contribution in [-0.4, -0.2) is 23.6 Å². The average molecular weight is 237 g/mol. The second-order valence-electron chi connectivity index (χ2n) is 4.39. The molecule has 0 fully saturated rings. The van der Waals surface area contributed by atoms with E-state index >= 15 is 0 Å². The van der Waals surface area contributed by atoms with Crippen molar-refractivity contribution in [1.29, 1.82) is 0 Å². The third-order valence-electron chi connectivity index (χ3n) is 2.85. The Morgan fingerprint density at radius 3 is 2.71 bits per heavy atom. The van der Waals surface area contributed by atoms with Crippen molar-refractivity contribution in [2.45, 2.75) is 39.0 Å². The molecule has 0 aromatic carbocycles. The Labute approximate surface area is 104 Å². The molecular formula is C14H23NO2. The number of ether oxygens (including phenoxy) is 1. The standard InChI is InChI=1S/C14H23NO2/c1-3-4-5-6-7-11-17-12-14(16)13-9-8-10-15(13)2/h8-10H,3-7,11-12H2,1-2H3. The molecule has 3 nitrogen and oxygen atoms in total. The summed E-state index contributed by atoms with van der Waals surface area (Å²) in [4.78, 5) is 11.7. The highest BCUT2D eigenvalue weighted by Crippen LogP contribution is 2.04. The fraction of sp³-hybridized carbons (Fsp3) is 0.643. The molecular weight excluding hydrogens is 214 g/mol. The average Bonchev–Trinajstić information content (AvgIpc) is 2.74. The van der Waals surface area contributed by atoms with Crippen LogP contribution in [-0.2, 0) is 11.8 Å². The minimum atomic E-state index is 0.0612. The Bertz CT molecular complexity index is 331. The van der Waals surface area contributed by atoms with Gasteiger partial charge in [-0.05, 0) is 18.6 Å². The first kappa shape index (κ1) is 14.0. The molecule has 0 N–H and O–H groups in total. The summed E-state index contributed by atoms with van der Waals surface area (Å²) in [7, 11) is 1.87. The number of unbranched alkanes of at least 4 members (excludes halogenated alkanes) is 4. The van der Waals surface area contributed by atoms with Crippen LogP contribution >= 0.6 is 0 Å². The topological polar surface area (TPSA) is 31.2 Å². The number of hydrogen-bond donors (Lipinski definition) is 0. The van der Waals surface area contributed by atoms with E-state index in [-0.39, 0.29) is 12.4 Å². The Kier molecular flexibility index (Phi) is 6.63. The Hall–Kier alpha value is -1.09. The monoisotopic (exact) mass is 237 g/mol. The Balaban J connectivity index is 2.07. The number of aryl methyl sites for hydroxylation is 1. The zero-order valence-corrected chi connectivity index (χ0v) is 10.9. The van der Waals surface area contributed by atoms with Crippen LogP contribution in [0.1, 0.15) is 49.5 Å². The molecule has 1 aromatic rings. The number of carbonyl (C=O) groups excluding carboxylic acids is 1. The summed E-state index contributed by atoms with van der Waals surface area (Å²) in [5.74, 6) is 0.0612. The van der Waals surface area contributed by atoms with E-state index in [4.69, 9.17) is 4.74 Å². The van der Waals surface area contributed by atoms with Gasteiger partial charge in [-0.2, -0.15) is 0 Å². The molecule has 0 atom stereocenters. The molecule has 0 saturated carbocycles. The van der Waals surface area contributed by atoms with Gasteiger partial charge in [-0.15, -0.1) is 0 Å². The van der Waals surface area contributed by atoms with Gasteiger partial charge in [-0.1, -0.05) is 32.6 Å². The van der Waals surface area contributed by atoms with E-state index in [1.165, 1.54) is 25.7 Å². The lowest BCUT2D eigenvalue weighted by atomic mass is 10.2. The molecule has 1 rings (SSSR count). The summed E-state index contributed by atoms with van der Waals surface area (Å²) in [5.41, 5.74) is 0.719. The lowest BCUT2D eigenvalue weighted by Gasteiger charge is -2.04. The number of hydrogen-bond acceptors (Lipinski definition) is 2. The number of nitrogens with zero attached hydrogens (tertiary/aromatic N) is 1. The maximum absolute atomic E-state index is 11.7. The fourth-order valence-corrected chi connectivity index (χ4v) is 1.80. The van der Waals surface area contributed by atoms with Crippen molar-refractivity contribution in [3.8, 4) is 0 Å². The molecule has 0 bridgehead atoms. The minimum Gasteiger partial charge on any atom is -0.373 e. The summed E-state index contributed by atoms with van der Waals surface area (Å²) >= 11 is 0. The summed E-state index contributed by atoms with van der Waals surface area (Å²) < 4.78 is 7.22. The van der Waals surface area contributed by atoms with E-state index in [0.29, 0.717) is 6.61 Å². The van der Waals surface area contributed by atoms with Gasteiger partial charge in [0.05, 0.1) is 5.69 Å². The Morgan fingerprint density at radius 1 is 1.29 bits per heavy atom. The molecule has 0 aliphatic carbocycles. The molecule has 0 unspecified atom stereocenters. The summed E-state index contributed by atoms with van der Waals surface area (Å²) in [6.45, 7) is 3.10. The van der Waals surface area contributed by atoms with Crippen LogP contribution < -0.4 is 0 Å². The molecule has 1 aromatic heterocycles. The van der Waals surface area contributed by atoms with E-state index in [2.05, 4.69) is 6.92 Å². The number of aromatic nitrogens is 1. The third-order valence-corrected chi connectivity index (χ3v) is 2.85. The van der Waals surface area contributed by atoms with E-state index in [0.717, 1.165) is 12.1 Å². The molecule has 0 saturated heterocycles. The second kappa shape index (κ2) is 8.07. The minimum absolute atomic E-state index is 0.0612. The van der Waals surface area contributed by atoms with Crippen LogP contribution in [0.5, 0.6) is 0 Å². The van der Waals surface area contributed by atoms with E-state index < -0.39 is 0 Å². The predicted molar refractivity (Wildman–Crippen MR) is 69.3 cm³/mol. The quantitative estimate of drug-likeness (QED) is 0.488. The van der Waals surface area contributed by atoms with E-state index in [1.54, 1.807) is 0 Å². The molecule has 0 amide bonds.